The van der Waals surface area contributed by atoms with E-state index in [-0.39, 0.29) is 0 Å². The second-order valence-electron chi connectivity index (χ2n) is 5.42. The molecule has 1 heterocycles. The van der Waals surface area contributed by atoms with Gasteiger partial charge in [-0.25, -0.2) is 0 Å². The number of hydrogen-bond acceptors (Lipinski definition) is 2. The first-order valence-corrected chi connectivity index (χ1v) is 7.83. The van der Waals surface area contributed by atoms with Crippen LogP contribution in [0, 0.1) is 18.3 Å². The molecular formula is C17H20BrN3. The van der Waals surface area contributed by atoms with Gasteiger partial charge < -0.3 is 9.88 Å². The van der Waals surface area contributed by atoms with Crippen molar-refractivity contribution in [1.29, 1.82) is 5.26 Å². The van der Waals surface area contributed by atoms with Crippen LogP contribution in [0.3, 0.4) is 0 Å². The summed E-state index contributed by atoms with van der Waals surface area (Å²) in [5, 5.41) is 12.6. The Morgan fingerprint density at radius 2 is 2.00 bits per heavy atom. The Morgan fingerprint density at radius 3 is 2.57 bits per heavy atom. The van der Waals surface area contributed by atoms with Gasteiger partial charge in [0.25, 0.3) is 0 Å². The Balaban J connectivity index is 1.94. The molecule has 21 heavy (non-hydrogen) atoms. The zero-order chi connectivity index (χ0) is 15.4. The third kappa shape index (κ3) is 3.96. The van der Waals surface area contributed by atoms with Crippen LogP contribution in [0.4, 0.5) is 0 Å². The molecule has 110 valence electrons. The maximum absolute atomic E-state index is 9.06. The molecule has 1 unspecified atom stereocenters. The van der Waals surface area contributed by atoms with Gasteiger partial charge in [-0.05, 0) is 49.6 Å². The fraction of sp³-hybridized carbons (Fsp3) is 0.353. The van der Waals surface area contributed by atoms with Crippen molar-refractivity contribution in [2.75, 3.05) is 0 Å². The van der Waals surface area contributed by atoms with Crippen LogP contribution in [0.25, 0.3) is 0 Å². The average Bonchev–Trinajstić information content (AvgIpc) is 2.75. The van der Waals surface area contributed by atoms with Gasteiger partial charge in [0.1, 0.15) is 11.8 Å². The van der Waals surface area contributed by atoms with Gasteiger partial charge in [-0.15, -0.1) is 0 Å². The highest BCUT2D eigenvalue weighted by molar-refractivity contribution is 9.10. The Bertz CT molecular complexity index is 650. The zero-order valence-corrected chi connectivity index (χ0v) is 14.2. The Hall–Kier alpha value is -1.57. The van der Waals surface area contributed by atoms with E-state index in [9.17, 15) is 0 Å². The van der Waals surface area contributed by atoms with Crippen LogP contribution in [-0.4, -0.2) is 10.6 Å². The standard InChI is InChI=1S/C17H20BrN3/c1-12(8-14-4-6-16(18)7-5-14)20-11-15-9-17(10-19)21(3)13(15)2/h4-7,9,12,20H,8,11H2,1-3H3. The molecule has 1 N–H and O–H groups in total. The second kappa shape index (κ2) is 6.93. The zero-order valence-electron chi connectivity index (χ0n) is 12.7. The predicted molar refractivity (Wildman–Crippen MR) is 89.0 cm³/mol. The molecule has 4 heteroatoms. The van der Waals surface area contributed by atoms with Crippen molar-refractivity contribution in [1.82, 2.24) is 9.88 Å². The van der Waals surface area contributed by atoms with Crippen LogP contribution in [-0.2, 0) is 20.0 Å². The summed E-state index contributed by atoms with van der Waals surface area (Å²) in [5.74, 6) is 0. The van der Waals surface area contributed by atoms with Crippen molar-refractivity contribution in [3.63, 3.8) is 0 Å². The van der Waals surface area contributed by atoms with E-state index in [1.807, 2.05) is 17.7 Å². The monoisotopic (exact) mass is 345 g/mol. The van der Waals surface area contributed by atoms with E-state index in [0.717, 1.165) is 23.1 Å². The van der Waals surface area contributed by atoms with Gasteiger partial charge in [0.15, 0.2) is 0 Å². The van der Waals surface area contributed by atoms with Crippen LogP contribution in [0.15, 0.2) is 34.8 Å². The summed E-state index contributed by atoms with van der Waals surface area (Å²) in [5.41, 5.74) is 4.37. The summed E-state index contributed by atoms with van der Waals surface area (Å²) in [6.07, 6.45) is 0.990. The minimum absolute atomic E-state index is 0.385. The number of nitrogens with zero attached hydrogens (tertiary/aromatic N) is 2. The van der Waals surface area contributed by atoms with Gasteiger partial charge >= 0.3 is 0 Å². The lowest BCUT2D eigenvalue weighted by Gasteiger charge is -2.14. The van der Waals surface area contributed by atoms with Crippen molar-refractivity contribution < 1.29 is 0 Å². The number of rotatable bonds is 5. The van der Waals surface area contributed by atoms with Crippen molar-refractivity contribution in [2.45, 2.75) is 32.9 Å². The van der Waals surface area contributed by atoms with Crippen LogP contribution < -0.4 is 5.32 Å². The molecule has 0 aliphatic rings. The molecule has 0 aliphatic heterocycles. The number of benzene rings is 1. The molecule has 1 aromatic heterocycles. The summed E-state index contributed by atoms with van der Waals surface area (Å²) in [6, 6.07) is 13.0. The largest absolute Gasteiger partial charge is 0.340 e. The third-order valence-corrected chi connectivity index (χ3v) is 4.38. The van der Waals surface area contributed by atoms with Gasteiger partial charge in [-0.1, -0.05) is 28.1 Å². The predicted octanol–water partition coefficient (Wildman–Crippen LogP) is 3.69. The highest BCUT2D eigenvalue weighted by Gasteiger charge is 2.10. The first-order valence-electron chi connectivity index (χ1n) is 7.04. The Labute approximate surface area is 134 Å². The number of nitrogens with one attached hydrogen (secondary N) is 1. The van der Waals surface area contributed by atoms with Gasteiger partial charge in [0, 0.05) is 29.8 Å². The van der Waals surface area contributed by atoms with Crippen molar-refractivity contribution in [2.24, 2.45) is 7.05 Å². The first-order chi connectivity index (χ1) is 10.0. The number of aromatic nitrogens is 1. The third-order valence-electron chi connectivity index (χ3n) is 3.85. The molecule has 2 aromatic rings. The molecule has 0 fully saturated rings. The number of nitriles is 1. The lowest BCUT2D eigenvalue weighted by atomic mass is 10.1. The van der Waals surface area contributed by atoms with E-state index in [1.165, 1.54) is 11.1 Å². The molecule has 0 spiro atoms. The highest BCUT2D eigenvalue weighted by atomic mass is 79.9. The van der Waals surface area contributed by atoms with E-state index >= 15 is 0 Å². The maximum atomic E-state index is 9.06. The molecule has 0 aliphatic carbocycles. The SMILES string of the molecule is Cc1c(CNC(C)Cc2ccc(Br)cc2)cc(C#N)n1C. The molecule has 0 radical (unpaired) electrons. The molecule has 0 amide bonds. The minimum Gasteiger partial charge on any atom is -0.340 e. The van der Waals surface area contributed by atoms with Crippen molar-refractivity contribution in [3.8, 4) is 6.07 Å². The average molecular weight is 346 g/mol. The van der Waals surface area contributed by atoms with Crippen molar-refractivity contribution >= 4 is 15.9 Å². The van der Waals surface area contributed by atoms with E-state index in [1.54, 1.807) is 0 Å². The topological polar surface area (TPSA) is 40.8 Å². The fourth-order valence-corrected chi connectivity index (χ4v) is 2.64. The smallest absolute Gasteiger partial charge is 0.120 e. The summed E-state index contributed by atoms with van der Waals surface area (Å²) in [6.45, 7) is 5.03. The van der Waals surface area contributed by atoms with Gasteiger partial charge in [-0.2, -0.15) is 5.26 Å². The number of hydrogen-bond donors (Lipinski definition) is 1. The van der Waals surface area contributed by atoms with Crippen molar-refractivity contribution in [3.05, 3.63) is 57.3 Å². The van der Waals surface area contributed by atoms with E-state index in [0.29, 0.717) is 11.7 Å². The first kappa shape index (κ1) is 15.8. The van der Waals surface area contributed by atoms with Crippen LogP contribution in [0.2, 0.25) is 0 Å². The van der Waals surface area contributed by atoms with Crippen LogP contribution in [0.5, 0.6) is 0 Å². The lowest BCUT2D eigenvalue weighted by Crippen LogP contribution is -2.27. The summed E-state index contributed by atoms with van der Waals surface area (Å²) >= 11 is 3.45. The molecular weight excluding hydrogens is 326 g/mol. The quantitative estimate of drug-likeness (QED) is 0.897. The van der Waals surface area contributed by atoms with Gasteiger partial charge in [0.2, 0.25) is 0 Å². The molecule has 1 atom stereocenters. The molecule has 2 rings (SSSR count). The normalized spacial score (nSPS) is 12.1. The van der Waals surface area contributed by atoms with E-state index in [2.05, 4.69) is 65.4 Å². The summed E-state index contributed by atoms with van der Waals surface area (Å²) in [7, 11) is 1.93. The molecule has 0 saturated heterocycles. The Morgan fingerprint density at radius 1 is 1.33 bits per heavy atom. The second-order valence-corrected chi connectivity index (χ2v) is 6.34. The number of halogens is 1. The molecule has 1 aromatic carbocycles. The van der Waals surface area contributed by atoms with Gasteiger partial charge in [-0.3, -0.25) is 0 Å². The summed E-state index contributed by atoms with van der Waals surface area (Å²) < 4.78 is 3.05. The minimum atomic E-state index is 0.385. The molecule has 0 bridgehead atoms. The molecule has 3 nitrogen and oxygen atoms in total. The lowest BCUT2D eigenvalue weighted by molar-refractivity contribution is 0.544. The van der Waals surface area contributed by atoms with E-state index in [4.69, 9.17) is 5.26 Å². The maximum Gasteiger partial charge on any atom is 0.120 e. The molecule has 0 saturated carbocycles. The Kier molecular flexibility index (Phi) is 5.22. The van der Waals surface area contributed by atoms with Gasteiger partial charge in [0.05, 0.1) is 0 Å². The van der Waals surface area contributed by atoms with Crippen LogP contribution in [0.1, 0.15) is 29.4 Å². The highest BCUT2D eigenvalue weighted by Crippen LogP contribution is 2.14. The van der Waals surface area contributed by atoms with Crippen LogP contribution >= 0.6 is 15.9 Å². The fourth-order valence-electron chi connectivity index (χ4n) is 2.38. The van der Waals surface area contributed by atoms with E-state index < -0.39 is 0 Å². The summed E-state index contributed by atoms with van der Waals surface area (Å²) in [4.78, 5) is 0.